The van der Waals surface area contributed by atoms with Crippen molar-refractivity contribution in [3.05, 3.63) is 24.0 Å². The lowest BCUT2D eigenvalue weighted by Crippen LogP contribution is -2.16. The van der Waals surface area contributed by atoms with E-state index in [1.54, 1.807) is 0 Å². The van der Waals surface area contributed by atoms with Crippen LogP contribution in [0.15, 0.2) is 23.4 Å². The van der Waals surface area contributed by atoms with Crippen LogP contribution < -0.4 is 10.1 Å². The summed E-state index contributed by atoms with van der Waals surface area (Å²) >= 11 is 1.28. The van der Waals surface area contributed by atoms with Gasteiger partial charge in [-0.15, -0.1) is 5.10 Å². The summed E-state index contributed by atoms with van der Waals surface area (Å²) in [4.78, 5) is 12.1. The van der Waals surface area contributed by atoms with Gasteiger partial charge in [0.1, 0.15) is 11.6 Å². The van der Waals surface area contributed by atoms with Gasteiger partial charge in [-0.05, 0) is 35.4 Å². The van der Waals surface area contributed by atoms with Gasteiger partial charge in [0.2, 0.25) is 11.1 Å². The van der Waals surface area contributed by atoms with Crippen LogP contribution in [0.2, 0.25) is 0 Å². The minimum absolute atomic E-state index is 0.160. The Bertz CT molecular complexity index is 718. The van der Waals surface area contributed by atoms with Crippen molar-refractivity contribution in [2.75, 3.05) is 18.2 Å². The second-order valence-corrected chi connectivity index (χ2v) is 6.47. The van der Waals surface area contributed by atoms with E-state index < -0.39 is 5.82 Å². The SMILES string of the molecule is COc1cc(F)ccc1NC(=O)CSc1nnnn1C1CCCC1. The van der Waals surface area contributed by atoms with Crippen LogP contribution in [0.4, 0.5) is 10.1 Å². The molecule has 2 aromatic rings. The molecule has 1 aliphatic carbocycles. The molecule has 1 aliphatic rings. The molecule has 0 saturated heterocycles. The fourth-order valence-electron chi connectivity index (χ4n) is 2.74. The van der Waals surface area contributed by atoms with Gasteiger partial charge in [-0.1, -0.05) is 24.6 Å². The van der Waals surface area contributed by atoms with Crippen LogP contribution in [0.5, 0.6) is 5.75 Å². The van der Waals surface area contributed by atoms with E-state index in [1.807, 2.05) is 4.68 Å². The highest BCUT2D eigenvalue weighted by Crippen LogP contribution is 2.31. The van der Waals surface area contributed by atoms with Crippen molar-refractivity contribution in [3.8, 4) is 5.75 Å². The molecule has 3 rings (SSSR count). The molecule has 1 aromatic carbocycles. The van der Waals surface area contributed by atoms with Gasteiger partial charge in [-0.2, -0.15) is 0 Å². The van der Waals surface area contributed by atoms with Crippen LogP contribution in [-0.2, 0) is 4.79 Å². The average Bonchev–Trinajstić information content (AvgIpc) is 3.25. The third-order valence-electron chi connectivity index (χ3n) is 3.90. The Morgan fingerprint density at radius 1 is 1.46 bits per heavy atom. The summed E-state index contributed by atoms with van der Waals surface area (Å²) in [6, 6.07) is 4.29. The molecule has 0 aliphatic heterocycles. The summed E-state index contributed by atoms with van der Waals surface area (Å²) in [7, 11) is 1.43. The molecule has 7 nitrogen and oxygen atoms in total. The van der Waals surface area contributed by atoms with Gasteiger partial charge in [-0.25, -0.2) is 9.07 Å². The van der Waals surface area contributed by atoms with Crippen molar-refractivity contribution in [1.82, 2.24) is 20.2 Å². The number of anilines is 1. The zero-order chi connectivity index (χ0) is 16.9. The molecule has 1 saturated carbocycles. The summed E-state index contributed by atoms with van der Waals surface area (Å²) in [5.74, 6) is -0.210. The number of benzene rings is 1. The van der Waals surface area contributed by atoms with Gasteiger partial charge in [0.15, 0.2) is 0 Å². The van der Waals surface area contributed by atoms with E-state index >= 15 is 0 Å². The molecule has 1 N–H and O–H groups in total. The van der Waals surface area contributed by atoms with Gasteiger partial charge in [0.25, 0.3) is 0 Å². The summed E-state index contributed by atoms with van der Waals surface area (Å²) < 4.78 is 20.1. The highest BCUT2D eigenvalue weighted by atomic mass is 32.2. The number of amides is 1. The minimum atomic E-state index is -0.421. The lowest BCUT2D eigenvalue weighted by Gasteiger charge is -2.11. The predicted molar refractivity (Wildman–Crippen MR) is 87.6 cm³/mol. The van der Waals surface area contributed by atoms with Gasteiger partial charge in [-0.3, -0.25) is 4.79 Å². The van der Waals surface area contributed by atoms with E-state index in [9.17, 15) is 9.18 Å². The third-order valence-corrected chi connectivity index (χ3v) is 4.84. The number of nitrogens with zero attached hydrogens (tertiary/aromatic N) is 4. The minimum Gasteiger partial charge on any atom is -0.494 e. The number of aromatic nitrogens is 4. The summed E-state index contributed by atoms with van der Waals surface area (Å²) in [5, 5.41) is 15.1. The quantitative estimate of drug-likeness (QED) is 0.806. The third kappa shape index (κ3) is 3.84. The fourth-order valence-corrected chi connectivity index (χ4v) is 3.49. The number of carbonyl (C=O) groups excluding carboxylic acids is 1. The van der Waals surface area contributed by atoms with E-state index in [1.165, 1.54) is 49.9 Å². The van der Waals surface area contributed by atoms with E-state index in [2.05, 4.69) is 20.8 Å². The van der Waals surface area contributed by atoms with Gasteiger partial charge in [0.05, 0.1) is 24.6 Å². The largest absolute Gasteiger partial charge is 0.494 e. The van der Waals surface area contributed by atoms with Crippen LogP contribution in [0.25, 0.3) is 0 Å². The number of halogens is 1. The number of carbonyl (C=O) groups is 1. The summed E-state index contributed by atoms with van der Waals surface area (Å²) in [6.45, 7) is 0. The molecule has 0 atom stereocenters. The fraction of sp³-hybridized carbons (Fsp3) is 0.467. The van der Waals surface area contributed by atoms with Crippen LogP contribution >= 0.6 is 11.8 Å². The smallest absolute Gasteiger partial charge is 0.234 e. The molecular weight excluding hydrogens is 333 g/mol. The molecule has 0 radical (unpaired) electrons. The Kier molecular flexibility index (Phi) is 5.29. The van der Waals surface area contributed by atoms with Crippen LogP contribution in [-0.4, -0.2) is 39.0 Å². The van der Waals surface area contributed by atoms with Gasteiger partial charge >= 0.3 is 0 Å². The van der Waals surface area contributed by atoms with E-state index in [4.69, 9.17) is 4.74 Å². The number of methoxy groups -OCH3 is 1. The van der Waals surface area contributed by atoms with Crippen molar-refractivity contribution in [3.63, 3.8) is 0 Å². The summed E-state index contributed by atoms with van der Waals surface area (Å²) in [5.41, 5.74) is 0.430. The van der Waals surface area contributed by atoms with Crippen LogP contribution in [0, 0.1) is 5.82 Å². The van der Waals surface area contributed by atoms with Gasteiger partial charge in [0, 0.05) is 6.07 Å². The van der Waals surface area contributed by atoms with E-state index in [0.717, 1.165) is 12.8 Å². The zero-order valence-corrected chi connectivity index (χ0v) is 14.1. The highest BCUT2D eigenvalue weighted by molar-refractivity contribution is 7.99. The molecule has 24 heavy (non-hydrogen) atoms. The Hall–Kier alpha value is -2.16. The van der Waals surface area contributed by atoms with Crippen LogP contribution in [0.3, 0.4) is 0 Å². The Balaban J connectivity index is 1.59. The predicted octanol–water partition coefficient (Wildman–Crippen LogP) is 2.67. The summed E-state index contributed by atoms with van der Waals surface area (Å²) in [6.07, 6.45) is 4.49. The molecule has 1 fully saturated rings. The number of nitrogens with one attached hydrogen (secondary N) is 1. The first-order chi connectivity index (χ1) is 11.7. The molecule has 128 valence electrons. The lowest BCUT2D eigenvalue weighted by atomic mass is 10.3. The lowest BCUT2D eigenvalue weighted by molar-refractivity contribution is -0.113. The second-order valence-electron chi connectivity index (χ2n) is 5.53. The molecule has 1 aromatic heterocycles. The van der Waals surface area contributed by atoms with Crippen molar-refractivity contribution in [2.45, 2.75) is 36.9 Å². The maximum atomic E-state index is 13.2. The molecule has 0 unspecified atom stereocenters. The average molecular weight is 351 g/mol. The zero-order valence-electron chi connectivity index (χ0n) is 13.2. The molecule has 1 amide bonds. The number of tetrazole rings is 1. The monoisotopic (exact) mass is 351 g/mol. The molecule has 0 spiro atoms. The number of rotatable bonds is 6. The highest BCUT2D eigenvalue weighted by Gasteiger charge is 2.22. The maximum absolute atomic E-state index is 13.2. The Morgan fingerprint density at radius 2 is 2.25 bits per heavy atom. The van der Waals surface area contributed by atoms with Crippen molar-refractivity contribution < 1.29 is 13.9 Å². The molecule has 1 heterocycles. The van der Waals surface area contributed by atoms with E-state index in [0.29, 0.717) is 16.9 Å². The number of hydrogen-bond acceptors (Lipinski definition) is 6. The van der Waals surface area contributed by atoms with Crippen LogP contribution in [0.1, 0.15) is 31.7 Å². The number of hydrogen-bond donors (Lipinski definition) is 1. The van der Waals surface area contributed by atoms with Crippen molar-refractivity contribution >= 4 is 23.4 Å². The molecule has 0 bridgehead atoms. The Morgan fingerprint density at radius 3 is 3.00 bits per heavy atom. The first-order valence-electron chi connectivity index (χ1n) is 7.71. The molecular formula is C15H18FN5O2S. The Labute approximate surface area is 142 Å². The topological polar surface area (TPSA) is 81.9 Å². The standard InChI is InChI=1S/C15H18FN5O2S/c1-23-13-8-10(16)6-7-12(13)17-14(22)9-24-15-18-19-20-21(15)11-4-2-3-5-11/h6-8,11H,2-5,9H2,1H3,(H,17,22). The first-order valence-corrected chi connectivity index (χ1v) is 8.70. The normalized spacial score (nSPS) is 14.8. The van der Waals surface area contributed by atoms with Crippen molar-refractivity contribution in [2.24, 2.45) is 0 Å². The van der Waals surface area contributed by atoms with Crippen molar-refractivity contribution in [1.29, 1.82) is 0 Å². The van der Waals surface area contributed by atoms with Gasteiger partial charge < -0.3 is 10.1 Å². The second kappa shape index (κ2) is 7.61. The first kappa shape index (κ1) is 16.7. The van der Waals surface area contributed by atoms with E-state index in [-0.39, 0.29) is 17.4 Å². The molecule has 9 heteroatoms. The number of thioether (sulfide) groups is 1. The maximum Gasteiger partial charge on any atom is 0.234 e. The number of ether oxygens (including phenoxy) is 1.